The van der Waals surface area contributed by atoms with Gasteiger partial charge in [0.2, 0.25) is 5.91 Å². The Morgan fingerprint density at radius 2 is 2.23 bits per heavy atom. The smallest absolute Gasteiger partial charge is 0.244 e. The summed E-state index contributed by atoms with van der Waals surface area (Å²) in [5.74, 6) is -0.0541. The lowest BCUT2D eigenvalue weighted by Gasteiger charge is -2.30. The van der Waals surface area contributed by atoms with Crippen molar-refractivity contribution in [3.63, 3.8) is 0 Å². The van der Waals surface area contributed by atoms with Crippen LogP contribution in [0.5, 0.6) is 0 Å². The molecule has 1 saturated heterocycles. The lowest BCUT2D eigenvalue weighted by molar-refractivity contribution is -0.928. The summed E-state index contributed by atoms with van der Waals surface area (Å²) in [6.45, 7) is 5.50. The Labute approximate surface area is 138 Å². The third kappa shape index (κ3) is 5.47. The fraction of sp³-hybridized carbons (Fsp3) is 0.500. The topological polar surface area (TPSA) is 33.5 Å². The fourth-order valence-corrected chi connectivity index (χ4v) is 3.18. The molecule has 22 heavy (non-hydrogen) atoms. The number of quaternary nitrogens is 1. The van der Waals surface area contributed by atoms with Crippen LogP contribution in [0.3, 0.4) is 0 Å². The molecular weight excluding hydrogens is 296 g/mol. The van der Waals surface area contributed by atoms with E-state index in [1.165, 1.54) is 25.8 Å². The van der Waals surface area contributed by atoms with Gasteiger partial charge in [0, 0.05) is 24.1 Å². The summed E-state index contributed by atoms with van der Waals surface area (Å²) in [5.41, 5.74) is 0.867. The molecule has 0 aromatic heterocycles. The molecule has 1 fully saturated rings. The van der Waals surface area contributed by atoms with Crippen molar-refractivity contribution < 1.29 is 9.69 Å². The minimum atomic E-state index is -0.0541. The third-order valence-electron chi connectivity index (χ3n) is 4.38. The maximum atomic E-state index is 11.8. The molecule has 1 unspecified atom stereocenters. The number of hydrogen-bond acceptors (Lipinski definition) is 1. The van der Waals surface area contributed by atoms with E-state index in [2.05, 4.69) is 12.2 Å². The molecule has 2 atom stereocenters. The van der Waals surface area contributed by atoms with Crippen LogP contribution in [0.1, 0.15) is 38.2 Å². The van der Waals surface area contributed by atoms with Crippen LogP contribution in [0.25, 0.3) is 6.08 Å². The van der Waals surface area contributed by atoms with Gasteiger partial charge in [-0.1, -0.05) is 29.8 Å². The molecule has 1 aliphatic rings. The van der Waals surface area contributed by atoms with Crippen molar-refractivity contribution in [3.05, 3.63) is 40.9 Å². The number of amides is 1. The summed E-state index contributed by atoms with van der Waals surface area (Å²) in [7, 11) is 0. The van der Waals surface area contributed by atoms with Crippen LogP contribution in [-0.4, -0.2) is 31.6 Å². The highest BCUT2D eigenvalue weighted by molar-refractivity contribution is 6.32. The van der Waals surface area contributed by atoms with Gasteiger partial charge in [-0.3, -0.25) is 4.79 Å². The van der Waals surface area contributed by atoms with Crippen molar-refractivity contribution in [2.45, 2.75) is 38.6 Å². The molecule has 3 nitrogen and oxygen atoms in total. The molecule has 0 saturated carbocycles. The molecule has 2 rings (SSSR count). The Kier molecular flexibility index (Phi) is 6.94. The average Bonchev–Trinajstić information content (AvgIpc) is 2.52. The highest BCUT2D eigenvalue weighted by Gasteiger charge is 2.20. The SMILES string of the molecule is C[C@H]1CCCC[NH+]1CCCNC(=O)/C=C/c1ccccc1Cl. The monoisotopic (exact) mass is 321 g/mol. The standard InChI is InChI=1S/C18H25ClN2O/c1-15-7-4-5-13-21(15)14-6-12-20-18(22)11-10-16-8-2-3-9-17(16)19/h2-3,8-11,15H,4-7,12-14H2,1H3,(H,20,22)/p+1/b11-10+/t15-/m0/s1. The molecule has 1 aromatic rings. The van der Waals surface area contributed by atoms with Crippen LogP contribution in [-0.2, 0) is 4.79 Å². The van der Waals surface area contributed by atoms with Crippen molar-refractivity contribution in [2.75, 3.05) is 19.6 Å². The Balaban J connectivity index is 1.66. The Morgan fingerprint density at radius 3 is 3.00 bits per heavy atom. The van der Waals surface area contributed by atoms with Crippen LogP contribution in [0.2, 0.25) is 5.02 Å². The maximum absolute atomic E-state index is 11.8. The zero-order valence-corrected chi connectivity index (χ0v) is 14.0. The molecule has 2 N–H and O–H groups in total. The molecule has 0 aliphatic carbocycles. The van der Waals surface area contributed by atoms with E-state index in [9.17, 15) is 4.79 Å². The first-order valence-corrected chi connectivity index (χ1v) is 8.59. The van der Waals surface area contributed by atoms with Crippen LogP contribution in [0, 0.1) is 0 Å². The summed E-state index contributed by atoms with van der Waals surface area (Å²) < 4.78 is 0. The van der Waals surface area contributed by atoms with Gasteiger partial charge in [-0.25, -0.2) is 0 Å². The van der Waals surface area contributed by atoms with Crippen molar-refractivity contribution in [3.8, 4) is 0 Å². The Morgan fingerprint density at radius 1 is 1.41 bits per heavy atom. The van der Waals surface area contributed by atoms with E-state index in [1.807, 2.05) is 24.3 Å². The lowest BCUT2D eigenvalue weighted by Crippen LogP contribution is -3.16. The van der Waals surface area contributed by atoms with Gasteiger partial charge in [-0.2, -0.15) is 0 Å². The second kappa shape index (κ2) is 8.96. The highest BCUT2D eigenvalue weighted by Crippen LogP contribution is 2.15. The van der Waals surface area contributed by atoms with E-state index in [-0.39, 0.29) is 5.91 Å². The number of carbonyl (C=O) groups is 1. The van der Waals surface area contributed by atoms with E-state index in [0.717, 1.165) is 31.1 Å². The fourth-order valence-electron chi connectivity index (χ4n) is 2.99. The van der Waals surface area contributed by atoms with Gasteiger partial charge in [0.05, 0.1) is 19.1 Å². The van der Waals surface area contributed by atoms with Gasteiger partial charge in [0.25, 0.3) is 0 Å². The molecule has 120 valence electrons. The van der Waals surface area contributed by atoms with Gasteiger partial charge in [-0.05, 0) is 43.9 Å². The van der Waals surface area contributed by atoms with Crippen molar-refractivity contribution in [1.29, 1.82) is 0 Å². The number of benzene rings is 1. The summed E-state index contributed by atoms with van der Waals surface area (Å²) in [4.78, 5) is 13.5. The number of likely N-dealkylation sites (tertiary alicyclic amines) is 1. The average molecular weight is 322 g/mol. The largest absolute Gasteiger partial charge is 0.352 e. The van der Waals surface area contributed by atoms with Crippen LogP contribution >= 0.6 is 11.6 Å². The van der Waals surface area contributed by atoms with Gasteiger partial charge in [0.15, 0.2) is 0 Å². The number of piperidine rings is 1. The van der Waals surface area contributed by atoms with E-state index in [4.69, 9.17) is 11.6 Å². The van der Waals surface area contributed by atoms with Gasteiger partial charge in [0.1, 0.15) is 0 Å². The van der Waals surface area contributed by atoms with Crippen LogP contribution in [0.15, 0.2) is 30.3 Å². The van der Waals surface area contributed by atoms with E-state index < -0.39 is 0 Å². The number of halogens is 1. The molecular formula is C18H26ClN2O+. The lowest BCUT2D eigenvalue weighted by atomic mass is 10.0. The van der Waals surface area contributed by atoms with Gasteiger partial charge < -0.3 is 10.2 Å². The zero-order chi connectivity index (χ0) is 15.8. The van der Waals surface area contributed by atoms with Gasteiger partial charge >= 0.3 is 0 Å². The maximum Gasteiger partial charge on any atom is 0.244 e. The molecule has 1 heterocycles. The summed E-state index contributed by atoms with van der Waals surface area (Å²) in [5, 5.41) is 3.61. The van der Waals surface area contributed by atoms with Crippen molar-refractivity contribution in [1.82, 2.24) is 5.32 Å². The first-order valence-electron chi connectivity index (χ1n) is 8.22. The van der Waals surface area contributed by atoms with Crippen LogP contribution in [0.4, 0.5) is 0 Å². The summed E-state index contributed by atoms with van der Waals surface area (Å²) in [6, 6.07) is 8.27. The molecule has 4 heteroatoms. The quantitative estimate of drug-likeness (QED) is 0.612. The van der Waals surface area contributed by atoms with Gasteiger partial charge in [-0.15, -0.1) is 0 Å². The minimum Gasteiger partial charge on any atom is -0.352 e. The highest BCUT2D eigenvalue weighted by atomic mass is 35.5. The van der Waals surface area contributed by atoms with E-state index in [0.29, 0.717) is 5.02 Å². The minimum absolute atomic E-state index is 0.0541. The molecule has 0 radical (unpaired) electrons. The molecule has 1 amide bonds. The first-order chi connectivity index (χ1) is 10.7. The predicted molar refractivity (Wildman–Crippen MR) is 92.1 cm³/mol. The number of rotatable bonds is 6. The van der Waals surface area contributed by atoms with Crippen molar-refractivity contribution >= 4 is 23.6 Å². The Hall–Kier alpha value is -1.32. The second-order valence-electron chi connectivity index (χ2n) is 6.05. The zero-order valence-electron chi connectivity index (χ0n) is 13.3. The first kappa shape index (κ1) is 17.0. The van der Waals surface area contributed by atoms with E-state index >= 15 is 0 Å². The van der Waals surface area contributed by atoms with Crippen LogP contribution < -0.4 is 10.2 Å². The predicted octanol–water partition coefficient (Wildman–Crippen LogP) is 2.32. The molecule has 0 bridgehead atoms. The molecule has 0 spiro atoms. The second-order valence-corrected chi connectivity index (χ2v) is 6.46. The normalized spacial score (nSPS) is 21.9. The Bertz CT molecular complexity index is 516. The number of hydrogen-bond donors (Lipinski definition) is 2. The summed E-state index contributed by atoms with van der Waals surface area (Å²) in [6.07, 6.45) is 8.39. The van der Waals surface area contributed by atoms with Crippen molar-refractivity contribution in [2.24, 2.45) is 0 Å². The number of nitrogens with one attached hydrogen (secondary N) is 2. The number of carbonyl (C=O) groups excluding carboxylic acids is 1. The summed E-state index contributed by atoms with van der Waals surface area (Å²) >= 11 is 6.05. The molecule has 1 aliphatic heterocycles. The third-order valence-corrected chi connectivity index (χ3v) is 4.72. The molecule has 1 aromatic carbocycles. The van der Waals surface area contributed by atoms with E-state index in [1.54, 1.807) is 17.1 Å².